The molecule has 3 rings (SSSR count). The van der Waals surface area contributed by atoms with Crippen LogP contribution in [0.3, 0.4) is 0 Å². The number of carbonyl (C=O) groups excluding carboxylic acids is 1. The van der Waals surface area contributed by atoms with Gasteiger partial charge < -0.3 is 14.8 Å². The summed E-state index contributed by atoms with van der Waals surface area (Å²) in [5, 5.41) is 3.09. The standard InChI is InChI=1S/C20H26N4O3/c1-4-26-19-17(6-5-11-21-19)18(25)24-15-7-9-16(10-8-15)27-20-22-13(2)12-14(3)23-20/h5-6,11-12,15-16H,4,7-10H2,1-3H3,(H,24,25). The van der Waals surface area contributed by atoms with Crippen molar-refractivity contribution >= 4 is 5.91 Å². The highest BCUT2D eigenvalue weighted by atomic mass is 16.5. The van der Waals surface area contributed by atoms with Crippen LogP contribution in [-0.4, -0.2) is 39.6 Å². The molecule has 1 aliphatic carbocycles. The van der Waals surface area contributed by atoms with Crippen molar-refractivity contribution in [1.29, 1.82) is 0 Å². The van der Waals surface area contributed by atoms with E-state index in [0.29, 0.717) is 24.1 Å². The molecular weight excluding hydrogens is 344 g/mol. The molecule has 1 N–H and O–H groups in total. The lowest BCUT2D eigenvalue weighted by Crippen LogP contribution is -2.40. The van der Waals surface area contributed by atoms with Crippen molar-refractivity contribution in [3.8, 4) is 11.9 Å². The Morgan fingerprint density at radius 1 is 1.19 bits per heavy atom. The number of pyridine rings is 1. The van der Waals surface area contributed by atoms with Gasteiger partial charge in [0.05, 0.1) is 6.61 Å². The highest BCUT2D eigenvalue weighted by Crippen LogP contribution is 2.23. The molecule has 0 saturated heterocycles. The molecule has 1 fully saturated rings. The third-order valence-corrected chi connectivity index (χ3v) is 4.54. The number of nitrogens with one attached hydrogen (secondary N) is 1. The van der Waals surface area contributed by atoms with Gasteiger partial charge >= 0.3 is 6.01 Å². The topological polar surface area (TPSA) is 86.2 Å². The lowest BCUT2D eigenvalue weighted by atomic mass is 9.93. The Morgan fingerprint density at radius 2 is 1.89 bits per heavy atom. The van der Waals surface area contributed by atoms with Gasteiger partial charge in [0.15, 0.2) is 0 Å². The second kappa shape index (κ2) is 8.79. The van der Waals surface area contributed by atoms with E-state index in [1.807, 2.05) is 26.8 Å². The van der Waals surface area contributed by atoms with Gasteiger partial charge in [0.25, 0.3) is 5.91 Å². The van der Waals surface area contributed by atoms with Crippen LogP contribution in [0.25, 0.3) is 0 Å². The number of hydrogen-bond donors (Lipinski definition) is 1. The van der Waals surface area contributed by atoms with Gasteiger partial charge in [0.1, 0.15) is 11.7 Å². The predicted octanol–water partition coefficient (Wildman–Crippen LogP) is 3.01. The summed E-state index contributed by atoms with van der Waals surface area (Å²) < 4.78 is 11.4. The van der Waals surface area contributed by atoms with Crippen molar-refractivity contribution in [2.75, 3.05) is 6.61 Å². The molecule has 0 aromatic carbocycles. The van der Waals surface area contributed by atoms with Gasteiger partial charge in [0.2, 0.25) is 5.88 Å². The molecule has 7 heteroatoms. The maximum absolute atomic E-state index is 12.6. The maximum atomic E-state index is 12.6. The fourth-order valence-corrected chi connectivity index (χ4v) is 3.30. The summed E-state index contributed by atoms with van der Waals surface area (Å²) in [4.78, 5) is 25.4. The average Bonchev–Trinajstić information content (AvgIpc) is 2.63. The van der Waals surface area contributed by atoms with Crippen molar-refractivity contribution in [2.45, 2.75) is 58.6 Å². The van der Waals surface area contributed by atoms with Crippen LogP contribution < -0.4 is 14.8 Å². The van der Waals surface area contributed by atoms with E-state index in [9.17, 15) is 4.79 Å². The first-order chi connectivity index (χ1) is 13.0. The number of rotatable bonds is 6. The normalized spacial score (nSPS) is 19.4. The van der Waals surface area contributed by atoms with Crippen LogP contribution >= 0.6 is 0 Å². The van der Waals surface area contributed by atoms with Crippen LogP contribution in [0.4, 0.5) is 0 Å². The summed E-state index contributed by atoms with van der Waals surface area (Å²) in [6.45, 7) is 6.21. The van der Waals surface area contributed by atoms with Gasteiger partial charge in [0, 0.05) is 23.6 Å². The second-order valence-corrected chi connectivity index (χ2v) is 6.79. The third kappa shape index (κ3) is 5.15. The maximum Gasteiger partial charge on any atom is 0.317 e. The van der Waals surface area contributed by atoms with Crippen LogP contribution in [0.5, 0.6) is 11.9 Å². The molecule has 1 aliphatic rings. The number of aryl methyl sites for hydroxylation is 2. The molecule has 144 valence electrons. The van der Waals surface area contributed by atoms with Gasteiger partial charge in [-0.05, 0) is 64.7 Å². The SMILES string of the molecule is CCOc1ncccc1C(=O)NC1CCC(Oc2nc(C)cc(C)n2)CC1. The van der Waals surface area contributed by atoms with Crippen molar-refractivity contribution < 1.29 is 14.3 Å². The van der Waals surface area contributed by atoms with Crippen LogP contribution in [0.2, 0.25) is 0 Å². The highest BCUT2D eigenvalue weighted by Gasteiger charge is 2.25. The molecule has 0 bridgehead atoms. The number of nitrogens with zero attached hydrogens (tertiary/aromatic N) is 3. The molecule has 1 amide bonds. The number of carbonyl (C=O) groups is 1. The Hall–Kier alpha value is -2.70. The lowest BCUT2D eigenvalue weighted by Gasteiger charge is -2.29. The Morgan fingerprint density at radius 3 is 2.56 bits per heavy atom. The monoisotopic (exact) mass is 370 g/mol. The molecular formula is C20H26N4O3. The van der Waals surface area contributed by atoms with E-state index in [0.717, 1.165) is 37.1 Å². The fourth-order valence-electron chi connectivity index (χ4n) is 3.30. The van der Waals surface area contributed by atoms with Gasteiger partial charge in [-0.2, -0.15) is 0 Å². The summed E-state index contributed by atoms with van der Waals surface area (Å²) in [6, 6.07) is 5.96. The first kappa shape index (κ1) is 19.1. The summed E-state index contributed by atoms with van der Waals surface area (Å²) in [5.41, 5.74) is 2.28. The minimum absolute atomic E-state index is 0.0803. The summed E-state index contributed by atoms with van der Waals surface area (Å²) in [6.07, 6.45) is 5.12. The van der Waals surface area contributed by atoms with Gasteiger partial charge in [-0.1, -0.05) is 0 Å². The predicted molar refractivity (Wildman–Crippen MR) is 101 cm³/mol. The van der Waals surface area contributed by atoms with E-state index in [1.54, 1.807) is 18.3 Å². The smallest absolute Gasteiger partial charge is 0.317 e. The van der Waals surface area contributed by atoms with Crippen molar-refractivity contribution in [3.05, 3.63) is 41.3 Å². The van der Waals surface area contributed by atoms with E-state index in [2.05, 4.69) is 20.3 Å². The zero-order chi connectivity index (χ0) is 19.2. The molecule has 2 aromatic rings. The first-order valence-corrected chi connectivity index (χ1v) is 9.42. The first-order valence-electron chi connectivity index (χ1n) is 9.42. The quantitative estimate of drug-likeness (QED) is 0.841. The van der Waals surface area contributed by atoms with E-state index in [1.165, 1.54) is 0 Å². The Labute approximate surface area is 159 Å². The number of ether oxygens (including phenoxy) is 2. The molecule has 0 spiro atoms. The third-order valence-electron chi connectivity index (χ3n) is 4.54. The minimum atomic E-state index is -0.145. The van der Waals surface area contributed by atoms with Crippen LogP contribution in [-0.2, 0) is 0 Å². The minimum Gasteiger partial charge on any atom is -0.477 e. The molecule has 2 heterocycles. The average molecular weight is 370 g/mol. The van der Waals surface area contributed by atoms with Crippen LogP contribution in [0.15, 0.2) is 24.4 Å². The van der Waals surface area contributed by atoms with Gasteiger partial charge in [-0.15, -0.1) is 0 Å². The van der Waals surface area contributed by atoms with E-state index in [-0.39, 0.29) is 18.1 Å². The van der Waals surface area contributed by atoms with Gasteiger partial charge in [-0.3, -0.25) is 4.79 Å². The zero-order valence-corrected chi connectivity index (χ0v) is 16.1. The van der Waals surface area contributed by atoms with Gasteiger partial charge in [-0.25, -0.2) is 15.0 Å². The van der Waals surface area contributed by atoms with E-state index in [4.69, 9.17) is 9.47 Å². The molecule has 0 atom stereocenters. The van der Waals surface area contributed by atoms with E-state index >= 15 is 0 Å². The van der Waals surface area contributed by atoms with E-state index < -0.39 is 0 Å². The molecule has 0 radical (unpaired) electrons. The van der Waals surface area contributed by atoms with Crippen LogP contribution in [0.1, 0.15) is 54.4 Å². The van der Waals surface area contributed by atoms with Crippen molar-refractivity contribution in [1.82, 2.24) is 20.3 Å². The Balaban J connectivity index is 1.53. The van der Waals surface area contributed by atoms with Crippen LogP contribution in [0, 0.1) is 13.8 Å². The largest absolute Gasteiger partial charge is 0.477 e. The number of aromatic nitrogens is 3. The number of hydrogen-bond acceptors (Lipinski definition) is 6. The molecule has 1 saturated carbocycles. The molecule has 7 nitrogen and oxygen atoms in total. The molecule has 2 aromatic heterocycles. The molecule has 0 aliphatic heterocycles. The second-order valence-electron chi connectivity index (χ2n) is 6.79. The summed E-state index contributed by atoms with van der Waals surface area (Å²) in [5.74, 6) is 0.232. The summed E-state index contributed by atoms with van der Waals surface area (Å²) >= 11 is 0. The van der Waals surface area contributed by atoms with Crippen molar-refractivity contribution in [2.24, 2.45) is 0 Å². The number of amides is 1. The Bertz CT molecular complexity index is 768. The zero-order valence-electron chi connectivity index (χ0n) is 16.1. The molecule has 0 unspecified atom stereocenters. The Kier molecular flexibility index (Phi) is 6.21. The lowest BCUT2D eigenvalue weighted by molar-refractivity contribution is 0.0880. The summed E-state index contributed by atoms with van der Waals surface area (Å²) in [7, 11) is 0. The molecule has 27 heavy (non-hydrogen) atoms. The highest BCUT2D eigenvalue weighted by molar-refractivity contribution is 5.96. The van der Waals surface area contributed by atoms with Crippen molar-refractivity contribution in [3.63, 3.8) is 0 Å². The fraction of sp³-hybridized carbons (Fsp3) is 0.500.